The zero-order valence-electron chi connectivity index (χ0n) is 9.56. The van der Waals surface area contributed by atoms with Gasteiger partial charge in [0, 0.05) is 0 Å². The third-order valence-corrected chi connectivity index (χ3v) is 1.97. The van der Waals surface area contributed by atoms with Crippen LogP contribution >= 0.6 is 0 Å². The molecule has 0 aliphatic heterocycles. The lowest BCUT2D eigenvalue weighted by Gasteiger charge is -2.26. The summed E-state index contributed by atoms with van der Waals surface area (Å²) in [4.78, 5) is 0. The first-order valence-corrected chi connectivity index (χ1v) is 6.15. The van der Waals surface area contributed by atoms with Gasteiger partial charge >= 0.3 is 0 Å². The Kier molecular flexibility index (Phi) is 7.37. The summed E-state index contributed by atoms with van der Waals surface area (Å²) in [6.45, 7) is 4.29. The van der Waals surface area contributed by atoms with Gasteiger partial charge in [0.1, 0.15) is 18.4 Å². The first kappa shape index (κ1) is 16.3. The molecule has 0 saturated heterocycles. The van der Waals surface area contributed by atoms with E-state index in [-0.39, 0.29) is 0 Å². The van der Waals surface area contributed by atoms with Crippen LogP contribution in [-0.4, -0.2) is 62.1 Å². The van der Waals surface area contributed by atoms with Gasteiger partial charge in [0.2, 0.25) is 0 Å². The van der Waals surface area contributed by atoms with Crippen LogP contribution in [0.3, 0.4) is 0 Å². The Hall–Kier alpha value is -0.170. The molecular formula is C8H22NO4S+. The quantitative estimate of drug-likeness (QED) is 0.523. The fourth-order valence-corrected chi connectivity index (χ4v) is 1.52. The summed E-state index contributed by atoms with van der Waals surface area (Å²) in [6, 6.07) is 0. The van der Waals surface area contributed by atoms with Crippen molar-refractivity contribution in [2.24, 2.45) is 0 Å². The molecule has 14 heavy (non-hydrogen) atoms. The van der Waals surface area contributed by atoms with Crippen molar-refractivity contribution in [3.63, 3.8) is 0 Å². The van der Waals surface area contributed by atoms with Crippen molar-refractivity contribution >= 4 is 10.1 Å². The highest BCUT2D eigenvalue weighted by Crippen LogP contribution is 1.97. The van der Waals surface area contributed by atoms with Gasteiger partial charge in [-0.25, -0.2) is 0 Å². The second-order valence-corrected chi connectivity index (χ2v) is 5.37. The average Bonchev–Trinajstić information content (AvgIpc) is 1.82. The lowest BCUT2D eigenvalue weighted by Crippen LogP contribution is -2.43. The molecule has 6 heteroatoms. The standard InChI is InChI=1S/C6H15NO4S.C2H6/c1-7(2,3)4-6(8)5-12(9,10)11;1-2/h6,8H,4-5H2,1-3H3;1-2H3/p+1. The molecule has 0 heterocycles. The third kappa shape index (κ3) is 14.4. The van der Waals surface area contributed by atoms with E-state index in [1.54, 1.807) is 0 Å². The molecular weight excluding hydrogens is 206 g/mol. The van der Waals surface area contributed by atoms with E-state index in [1.807, 2.05) is 35.0 Å². The number of hydrogen-bond acceptors (Lipinski definition) is 3. The van der Waals surface area contributed by atoms with Crippen LogP contribution in [0.15, 0.2) is 0 Å². The summed E-state index contributed by atoms with van der Waals surface area (Å²) in [6.07, 6.45) is -1.01. The smallest absolute Gasteiger partial charge is 0.267 e. The minimum absolute atomic E-state index is 0.291. The summed E-state index contributed by atoms with van der Waals surface area (Å²) in [7, 11) is 1.42. The molecule has 0 aromatic carbocycles. The van der Waals surface area contributed by atoms with Crippen LogP contribution in [0.4, 0.5) is 0 Å². The van der Waals surface area contributed by atoms with E-state index >= 15 is 0 Å². The van der Waals surface area contributed by atoms with E-state index in [1.165, 1.54) is 0 Å². The van der Waals surface area contributed by atoms with Gasteiger partial charge in [0.25, 0.3) is 10.1 Å². The van der Waals surface area contributed by atoms with Crippen molar-refractivity contribution in [3.8, 4) is 0 Å². The maximum atomic E-state index is 10.3. The van der Waals surface area contributed by atoms with Gasteiger partial charge in [0.05, 0.1) is 21.1 Å². The van der Waals surface area contributed by atoms with E-state index < -0.39 is 22.0 Å². The largest absolute Gasteiger partial charge is 0.386 e. The molecule has 0 bridgehead atoms. The molecule has 2 N–H and O–H groups in total. The SMILES string of the molecule is CC.C[N+](C)(C)CC(O)CS(=O)(=O)O. The van der Waals surface area contributed by atoms with Crippen molar-refractivity contribution in [3.05, 3.63) is 0 Å². The molecule has 0 saturated carbocycles. The fourth-order valence-electron chi connectivity index (χ4n) is 0.928. The van der Waals surface area contributed by atoms with E-state index in [0.717, 1.165) is 0 Å². The summed E-state index contributed by atoms with van der Waals surface area (Å²) in [5, 5.41) is 9.17. The van der Waals surface area contributed by atoms with Crippen LogP contribution in [0.2, 0.25) is 0 Å². The van der Waals surface area contributed by atoms with Crippen LogP contribution in [0.1, 0.15) is 13.8 Å². The van der Waals surface area contributed by atoms with Gasteiger partial charge in [-0.15, -0.1) is 0 Å². The molecule has 0 radical (unpaired) electrons. The number of aliphatic hydroxyl groups excluding tert-OH is 1. The van der Waals surface area contributed by atoms with Gasteiger partial charge in [-0.3, -0.25) is 4.55 Å². The minimum Gasteiger partial charge on any atom is -0.386 e. The molecule has 0 aromatic rings. The van der Waals surface area contributed by atoms with E-state index in [2.05, 4.69) is 0 Å². The summed E-state index contributed by atoms with van der Waals surface area (Å²) in [5.74, 6) is -0.595. The molecule has 0 aliphatic rings. The fraction of sp³-hybridized carbons (Fsp3) is 1.00. The second-order valence-electron chi connectivity index (χ2n) is 3.88. The average molecular weight is 228 g/mol. The van der Waals surface area contributed by atoms with Crippen LogP contribution in [0.5, 0.6) is 0 Å². The number of likely N-dealkylation sites (N-methyl/N-ethyl adjacent to an activating group) is 1. The Morgan fingerprint density at radius 2 is 1.57 bits per heavy atom. The Balaban J connectivity index is 0. The maximum Gasteiger partial charge on any atom is 0.267 e. The van der Waals surface area contributed by atoms with Gasteiger partial charge < -0.3 is 9.59 Å². The Morgan fingerprint density at radius 1 is 1.21 bits per heavy atom. The van der Waals surface area contributed by atoms with Crippen molar-refractivity contribution in [1.82, 2.24) is 0 Å². The highest BCUT2D eigenvalue weighted by Gasteiger charge is 2.20. The Labute approximate surface area is 86.7 Å². The van der Waals surface area contributed by atoms with Crippen molar-refractivity contribution < 1.29 is 22.6 Å². The topological polar surface area (TPSA) is 74.6 Å². The van der Waals surface area contributed by atoms with Crippen LogP contribution in [-0.2, 0) is 10.1 Å². The van der Waals surface area contributed by atoms with E-state index in [9.17, 15) is 8.42 Å². The van der Waals surface area contributed by atoms with Crippen LogP contribution in [0.25, 0.3) is 0 Å². The van der Waals surface area contributed by atoms with E-state index in [0.29, 0.717) is 11.0 Å². The Morgan fingerprint density at radius 3 is 1.79 bits per heavy atom. The van der Waals surface area contributed by atoms with Gasteiger partial charge in [0.15, 0.2) is 0 Å². The predicted molar refractivity (Wildman–Crippen MR) is 56.7 cm³/mol. The molecule has 88 valence electrons. The maximum absolute atomic E-state index is 10.3. The highest BCUT2D eigenvalue weighted by molar-refractivity contribution is 7.85. The molecule has 1 unspecified atom stereocenters. The number of aliphatic hydroxyl groups is 1. The molecule has 1 atom stereocenters. The van der Waals surface area contributed by atoms with Crippen molar-refractivity contribution in [2.45, 2.75) is 20.0 Å². The van der Waals surface area contributed by atoms with Crippen molar-refractivity contribution in [2.75, 3.05) is 33.4 Å². The minimum atomic E-state index is -4.06. The molecule has 0 amide bonds. The monoisotopic (exact) mass is 228 g/mol. The summed E-state index contributed by atoms with van der Waals surface area (Å²) in [5.41, 5.74) is 0. The number of quaternary nitrogens is 1. The first-order valence-electron chi connectivity index (χ1n) is 4.54. The van der Waals surface area contributed by atoms with Crippen molar-refractivity contribution in [1.29, 1.82) is 0 Å². The second kappa shape index (κ2) is 6.34. The van der Waals surface area contributed by atoms with Gasteiger partial charge in [-0.1, -0.05) is 13.8 Å². The first-order chi connectivity index (χ1) is 6.10. The third-order valence-electron chi connectivity index (χ3n) is 1.16. The van der Waals surface area contributed by atoms with Crippen LogP contribution < -0.4 is 0 Å². The number of hydrogen-bond donors (Lipinski definition) is 2. The molecule has 0 aromatic heterocycles. The van der Waals surface area contributed by atoms with E-state index in [4.69, 9.17) is 9.66 Å². The zero-order valence-corrected chi connectivity index (χ0v) is 10.4. The summed E-state index contributed by atoms with van der Waals surface area (Å²) < 4.78 is 29.5. The van der Waals surface area contributed by atoms with Crippen LogP contribution in [0, 0.1) is 0 Å². The van der Waals surface area contributed by atoms with Gasteiger partial charge in [-0.2, -0.15) is 8.42 Å². The molecule has 0 fully saturated rings. The predicted octanol–water partition coefficient (Wildman–Crippen LogP) is -0.0325. The lowest BCUT2D eigenvalue weighted by atomic mass is 10.3. The summed E-state index contributed by atoms with van der Waals surface area (Å²) >= 11 is 0. The molecule has 0 aliphatic carbocycles. The number of nitrogens with zero attached hydrogens (tertiary/aromatic N) is 1. The zero-order chi connectivity index (χ0) is 12.0. The Bertz CT molecular complexity index is 230. The lowest BCUT2D eigenvalue weighted by molar-refractivity contribution is -0.873. The number of rotatable bonds is 4. The molecule has 0 rings (SSSR count). The highest BCUT2D eigenvalue weighted by atomic mass is 32.2. The molecule has 0 spiro atoms. The van der Waals surface area contributed by atoms with Gasteiger partial charge in [-0.05, 0) is 0 Å². The normalized spacial score (nSPS) is 14.2. The molecule has 5 nitrogen and oxygen atoms in total.